The van der Waals surface area contributed by atoms with Crippen molar-refractivity contribution in [1.82, 2.24) is 10.2 Å². The van der Waals surface area contributed by atoms with Gasteiger partial charge in [0.1, 0.15) is 11.5 Å². The molecule has 160 valence electrons. The van der Waals surface area contributed by atoms with Gasteiger partial charge in [0, 0.05) is 38.3 Å². The van der Waals surface area contributed by atoms with Crippen LogP contribution in [0.4, 0.5) is 5.69 Å². The predicted molar refractivity (Wildman–Crippen MR) is 118 cm³/mol. The van der Waals surface area contributed by atoms with E-state index >= 15 is 0 Å². The summed E-state index contributed by atoms with van der Waals surface area (Å²) < 4.78 is 11.3. The average molecular weight is 410 g/mol. The molecule has 2 heterocycles. The topological polar surface area (TPSA) is 54.0 Å². The lowest BCUT2D eigenvalue weighted by molar-refractivity contribution is -0.126. The SMILES string of the molecule is COc1ccc(C2Oc3ccccc3N(CCCCCN3CCNCC3)C2=O)cc1. The molecule has 2 aliphatic heterocycles. The Kier molecular flexibility index (Phi) is 6.87. The van der Waals surface area contributed by atoms with E-state index in [2.05, 4.69) is 10.2 Å². The van der Waals surface area contributed by atoms with Crippen LogP contribution in [0, 0.1) is 0 Å². The van der Waals surface area contributed by atoms with Gasteiger partial charge in [0.15, 0.2) is 0 Å². The second-order valence-electron chi connectivity index (χ2n) is 7.88. The highest BCUT2D eigenvalue weighted by molar-refractivity contribution is 6.00. The summed E-state index contributed by atoms with van der Waals surface area (Å²) in [5.74, 6) is 1.53. The highest BCUT2D eigenvalue weighted by Gasteiger charge is 2.35. The van der Waals surface area contributed by atoms with Crippen molar-refractivity contribution in [2.45, 2.75) is 25.4 Å². The van der Waals surface area contributed by atoms with Gasteiger partial charge >= 0.3 is 0 Å². The van der Waals surface area contributed by atoms with Crippen LogP contribution in [-0.2, 0) is 4.79 Å². The summed E-state index contributed by atoms with van der Waals surface area (Å²) in [6.45, 7) is 6.31. The second kappa shape index (κ2) is 9.96. The minimum Gasteiger partial charge on any atom is -0.497 e. The number of nitrogens with one attached hydrogen (secondary N) is 1. The summed E-state index contributed by atoms with van der Waals surface area (Å²) in [6.07, 6.45) is 2.65. The van der Waals surface area contributed by atoms with Crippen LogP contribution in [0.3, 0.4) is 0 Å². The maximum Gasteiger partial charge on any atom is 0.272 e. The van der Waals surface area contributed by atoms with E-state index in [-0.39, 0.29) is 5.91 Å². The standard InChI is InChI=1S/C24H31N3O3/c1-29-20-11-9-19(10-12-20)23-24(28)27(21-7-3-4-8-22(21)30-23)16-6-2-5-15-26-17-13-25-14-18-26/h3-4,7-12,23,25H,2,5-6,13-18H2,1H3. The van der Waals surface area contributed by atoms with Crippen LogP contribution in [0.1, 0.15) is 30.9 Å². The van der Waals surface area contributed by atoms with Gasteiger partial charge < -0.3 is 24.6 Å². The van der Waals surface area contributed by atoms with Crippen molar-refractivity contribution in [3.8, 4) is 11.5 Å². The lowest BCUT2D eigenvalue weighted by Crippen LogP contribution is -2.43. The highest BCUT2D eigenvalue weighted by Crippen LogP contribution is 2.39. The molecule has 2 aromatic carbocycles. The molecule has 0 aromatic heterocycles. The molecule has 0 saturated carbocycles. The molecule has 4 rings (SSSR count). The number of unbranched alkanes of at least 4 members (excludes halogenated alkanes) is 2. The smallest absolute Gasteiger partial charge is 0.272 e. The lowest BCUT2D eigenvalue weighted by Gasteiger charge is -2.34. The van der Waals surface area contributed by atoms with Gasteiger partial charge in [-0.1, -0.05) is 30.7 Å². The number of nitrogens with zero attached hydrogens (tertiary/aromatic N) is 2. The zero-order chi connectivity index (χ0) is 20.8. The summed E-state index contributed by atoms with van der Waals surface area (Å²) in [4.78, 5) is 17.7. The Morgan fingerprint density at radius 2 is 1.73 bits per heavy atom. The first kappa shape index (κ1) is 20.7. The number of rotatable bonds is 8. The molecular formula is C24H31N3O3. The molecule has 1 N–H and O–H groups in total. The zero-order valence-electron chi connectivity index (χ0n) is 17.7. The first-order valence-electron chi connectivity index (χ1n) is 10.9. The van der Waals surface area contributed by atoms with Gasteiger partial charge in [-0.15, -0.1) is 0 Å². The van der Waals surface area contributed by atoms with Crippen molar-refractivity contribution in [2.24, 2.45) is 0 Å². The van der Waals surface area contributed by atoms with Gasteiger partial charge in [-0.2, -0.15) is 0 Å². The van der Waals surface area contributed by atoms with Crippen LogP contribution in [0.2, 0.25) is 0 Å². The molecule has 1 atom stereocenters. The molecule has 1 fully saturated rings. The number of para-hydroxylation sites is 2. The number of piperazine rings is 1. The predicted octanol–water partition coefficient (Wildman–Crippen LogP) is 3.24. The molecule has 1 saturated heterocycles. The minimum atomic E-state index is -0.619. The number of methoxy groups -OCH3 is 1. The Morgan fingerprint density at radius 1 is 1.00 bits per heavy atom. The Bertz CT molecular complexity index is 834. The number of carbonyl (C=O) groups is 1. The summed E-state index contributed by atoms with van der Waals surface area (Å²) >= 11 is 0. The fourth-order valence-corrected chi connectivity index (χ4v) is 4.15. The zero-order valence-corrected chi connectivity index (χ0v) is 17.7. The normalized spacial score (nSPS) is 19.3. The van der Waals surface area contributed by atoms with Gasteiger partial charge in [-0.05, 0) is 43.7 Å². The molecule has 30 heavy (non-hydrogen) atoms. The minimum absolute atomic E-state index is 0.000900. The largest absolute Gasteiger partial charge is 0.497 e. The van der Waals surface area contributed by atoms with Gasteiger partial charge in [0.05, 0.1) is 12.8 Å². The molecule has 0 aliphatic carbocycles. The number of amides is 1. The van der Waals surface area contributed by atoms with Crippen LogP contribution >= 0.6 is 0 Å². The van der Waals surface area contributed by atoms with E-state index in [4.69, 9.17) is 9.47 Å². The second-order valence-corrected chi connectivity index (χ2v) is 7.88. The summed E-state index contributed by atoms with van der Waals surface area (Å²) in [5, 5.41) is 3.39. The van der Waals surface area contributed by atoms with Crippen LogP contribution in [0.25, 0.3) is 0 Å². The summed E-state index contributed by atoms with van der Waals surface area (Å²) in [7, 11) is 1.64. The fraction of sp³-hybridized carbons (Fsp3) is 0.458. The maximum atomic E-state index is 13.3. The molecular weight excluding hydrogens is 378 g/mol. The monoisotopic (exact) mass is 409 g/mol. The number of hydrogen-bond acceptors (Lipinski definition) is 5. The van der Waals surface area contributed by atoms with Gasteiger partial charge in [0.2, 0.25) is 6.10 Å². The van der Waals surface area contributed by atoms with Crippen LogP contribution < -0.4 is 19.7 Å². The highest BCUT2D eigenvalue weighted by atomic mass is 16.5. The number of benzene rings is 2. The van der Waals surface area contributed by atoms with Crippen molar-refractivity contribution < 1.29 is 14.3 Å². The quantitative estimate of drug-likeness (QED) is 0.679. The van der Waals surface area contributed by atoms with Crippen molar-refractivity contribution in [3.05, 3.63) is 54.1 Å². The fourth-order valence-electron chi connectivity index (χ4n) is 4.15. The summed E-state index contributed by atoms with van der Waals surface area (Å²) in [6, 6.07) is 15.4. The van der Waals surface area contributed by atoms with Crippen molar-refractivity contribution >= 4 is 11.6 Å². The molecule has 1 unspecified atom stereocenters. The lowest BCUT2D eigenvalue weighted by atomic mass is 10.0. The maximum absolute atomic E-state index is 13.3. The Labute approximate surface area is 178 Å². The van der Waals surface area contributed by atoms with E-state index in [9.17, 15) is 4.79 Å². The Balaban J connectivity index is 1.39. The third-order valence-corrected chi connectivity index (χ3v) is 5.88. The van der Waals surface area contributed by atoms with Crippen LogP contribution in [0.15, 0.2) is 48.5 Å². The van der Waals surface area contributed by atoms with Gasteiger partial charge in [-0.25, -0.2) is 0 Å². The molecule has 0 spiro atoms. The molecule has 6 nitrogen and oxygen atoms in total. The first-order chi connectivity index (χ1) is 14.8. The van der Waals surface area contributed by atoms with Crippen molar-refractivity contribution in [2.75, 3.05) is 51.3 Å². The van der Waals surface area contributed by atoms with E-state index < -0.39 is 6.10 Å². The van der Waals surface area contributed by atoms with E-state index in [1.807, 2.05) is 53.4 Å². The van der Waals surface area contributed by atoms with E-state index in [0.29, 0.717) is 6.54 Å². The van der Waals surface area contributed by atoms with E-state index in [1.165, 1.54) is 6.42 Å². The average Bonchev–Trinajstić information content (AvgIpc) is 2.80. The van der Waals surface area contributed by atoms with Gasteiger partial charge in [-0.3, -0.25) is 4.79 Å². The number of ether oxygens (including phenoxy) is 2. The number of hydrogen-bond donors (Lipinski definition) is 1. The van der Waals surface area contributed by atoms with E-state index in [1.54, 1.807) is 7.11 Å². The van der Waals surface area contributed by atoms with Gasteiger partial charge in [0.25, 0.3) is 5.91 Å². The molecule has 2 aromatic rings. The molecule has 6 heteroatoms. The molecule has 2 aliphatic rings. The third kappa shape index (κ3) is 4.77. The third-order valence-electron chi connectivity index (χ3n) is 5.88. The Morgan fingerprint density at radius 3 is 2.50 bits per heavy atom. The van der Waals surface area contributed by atoms with E-state index in [0.717, 1.165) is 68.3 Å². The molecule has 0 bridgehead atoms. The van der Waals surface area contributed by atoms with Crippen LogP contribution in [-0.4, -0.2) is 57.2 Å². The molecule has 0 radical (unpaired) electrons. The van der Waals surface area contributed by atoms with Crippen molar-refractivity contribution in [1.29, 1.82) is 0 Å². The number of fused-ring (bicyclic) bond motifs is 1. The number of anilines is 1. The summed E-state index contributed by atoms with van der Waals surface area (Å²) in [5.41, 5.74) is 1.72. The molecule has 1 amide bonds. The van der Waals surface area contributed by atoms with Crippen molar-refractivity contribution in [3.63, 3.8) is 0 Å². The number of carbonyl (C=O) groups excluding carboxylic acids is 1. The Hall–Kier alpha value is -2.57. The van der Waals surface area contributed by atoms with Crippen LogP contribution in [0.5, 0.6) is 11.5 Å². The first-order valence-corrected chi connectivity index (χ1v) is 10.9.